The van der Waals surface area contributed by atoms with E-state index in [-0.39, 0.29) is 6.04 Å². The molecule has 4 nitrogen and oxygen atoms in total. The first kappa shape index (κ1) is 9.18. The number of nitrogens with one attached hydrogen (secondary N) is 1. The average Bonchev–Trinajstić information content (AvgIpc) is 2.35. The fourth-order valence-electron chi connectivity index (χ4n) is 1.91. The second-order valence-electron chi connectivity index (χ2n) is 3.67. The molecule has 1 aromatic carbocycles. The summed E-state index contributed by atoms with van der Waals surface area (Å²) >= 11 is 0. The zero-order valence-corrected chi connectivity index (χ0v) is 8.55. The summed E-state index contributed by atoms with van der Waals surface area (Å²) in [4.78, 5) is 9.35. The van der Waals surface area contributed by atoms with Crippen LogP contribution >= 0.6 is 0 Å². The Labute approximate surface area is 93.1 Å². The molecule has 0 fully saturated rings. The van der Waals surface area contributed by atoms with Gasteiger partial charge in [0.2, 0.25) is 0 Å². The highest BCUT2D eigenvalue weighted by Gasteiger charge is 2.21. The van der Waals surface area contributed by atoms with E-state index in [0.717, 1.165) is 17.1 Å². The van der Waals surface area contributed by atoms with Crippen molar-refractivity contribution in [2.24, 2.45) is 10.9 Å². The molecule has 1 aliphatic heterocycles. The topological polar surface area (TPSA) is 59.6 Å². The third kappa shape index (κ3) is 1.31. The van der Waals surface area contributed by atoms with E-state index in [1.54, 1.807) is 6.07 Å². The van der Waals surface area contributed by atoms with E-state index in [9.17, 15) is 0 Å². The summed E-state index contributed by atoms with van der Waals surface area (Å²) in [6, 6.07) is 5.79. The minimum atomic E-state index is 0.144. The average molecular weight is 213 g/mol. The number of fused-ring (bicyclic) bond motifs is 2. The predicted octanol–water partition coefficient (Wildman–Crippen LogP) is 1.93. The van der Waals surface area contributed by atoms with Crippen molar-refractivity contribution >= 4 is 17.1 Å². The molecule has 4 heteroatoms. The Morgan fingerprint density at radius 2 is 2.25 bits per heavy atom. The number of aliphatic imine (C=N–C) groups is 1. The van der Waals surface area contributed by atoms with Gasteiger partial charge in [0.25, 0.3) is 0 Å². The number of nitrogens with zero attached hydrogens (tertiary/aromatic N) is 1. The first-order valence-corrected chi connectivity index (χ1v) is 5.08. The van der Waals surface area contributed by atoms with Gasteiger partial charge >= 0.3 is 0 Å². The van der Waals surface area contributed by atoms with Gasteiger partial charge in [-0.15, -0.1) is 0 Å². The lowest BCUT2D eigenvalue weighted by Gasteiger charge is -2.25. The van der Waals surface area contributed by atoms with Crippen molar-refractivity contribution in [1.29, 1.82) is 0 Å². The maximum absolute atomic E-state index is 5.21. The molecule has 2 aliphatic rings. The van der Waals surface area contributed by atoms with Gasteiger partial charge in [0.1, 0.15) is 5.69 Å². The zero-order chi connectivity index (χ0) is 11.0. The van der Waals surface area contributed by atoms with Crippen molar-refractivity contribution in [3.63, 3.8) is 0 Å². The summed E-state index contributed by atoms with van der Waals surface area (Å²) in [6.45, 7) is 0. The molecular formula is C12H11N3O. The van der Waals surface area contributed by atoms with Gasteiger partial charge < -0.3 is 10.2 Å². The van der Waals surface area contributed by atoms with E-state index < -0.39 is 0 Å². The number of anilines is 1. The van der Waals surface area contributed by atoms with Crippen LogP contribution in [0.15, 0.2) is 47.5 Å². The molecule has 1 aliphatic carbocycles. The van der Waals surface area contributed by atoms with Gasteiger partial charge in [0.05, 0.1) is 17.4 Å². The summed E-state index contributed by atoms with van der Waals surface area (Å²) in [5.41, 5.74) is 2.67. The standard InChI is InChI=1S/C12H11N3O/c13-16-11-7-3-6-10-12(11)15-9-5-2-1-4-8(9)14-10/h1-8,14H,13H2. The number of para-hydroxylation sites is 1. The van der Waals surface area contributed by atoms with Gasteiger partial charge in [0.15, 0.2) is 5.75 Å². The highest BCUT2D eigenvalue weighted by molar-refractivity contribution is 6.08. The number of hydrogen-bond acceptors (Lipinski definition) is 4. The Kier molecular flexibility index (Phi) is 2.01. The summed E-state index contributed by atoms with van der Waals surface area (Å²) in [5.74, 6) is 5.80. The van der Waals surface area contributed by atoms with E-state index in [0.29, 0.717) is 5.75 Å². The first-order chi connectivity index (χ1) is 7.88. The molecule has 0 aromatic heterocycles. The van der Waals surface area contributed by atoms with E-state index in [1.807, 2.05) is 30.4 Å². The Balaban J connectivity index is 2.14. The summed E-state index contributed by atoms with van der Waals surface area (Å²) in [5, 5.41) is 3.37. The maximum Gasteiger partial charge on any atom is 0.174 e. The largest absolute Gasteiger partial charge is 0.409 e. The van der Waals surface area contributed by atoms with Crippen LogP contribution in [0.2, 0.25) is 0 Å². The van der Waals surface area contributed by atoms with Crippen LogP contribution in [-0.4, -0.2) is 11.8 Å². The van der Waals surface area contributed by atoms with Gasteiger partial charge in [-0.25, -0.2) is 4.99 Å². The Hall–Kier alpha value is -2.07. The molecule has 1 heterocycles. The van der Waals surface area contributed by atoms with Crippen molar-refractivity contribution in [2.75, 3.05) is 5.32 Å². The van der Waals surface area contributed by atoms with E-state index in [2.05, 4.69) is 16.4 Å². The molecule has 0 bridgehead atoms. The highest BCUT2D eigenvalue weighted by atomic mass is 16.6. The van der Waals surface area contributed by atoms with Crippen LogP contribution in [0.1, 0.15) is 0 Å². The molecule has 0 saturated carbocycles. The molecular weight excluding hydrogens is 202 g/mol. The lowest BCUT2D eigenvalue weighted by atomic mass is 10.0. The third-order valence-corrected chi connectivity index (χ3v) is 2.68. The van der Waals surface area contributed by atoms with Gasteiger partial charge in [-0.2, -0.15) is 5.90 Å². The Morgan fingerprint density at radius 1 is 1.31 bits per heavy atom. The number of benzene rings is 1. The van der Waals surface area contributed by atoms with Crippen LogP contribution in [0.4, 0.5) is 11.4 Å². The van der Waals surface area contributed by atoms with Gasteiger partial charge in [-0.3, -0.25) is 0 Å². The van der Waals surface area contributed by atoms with Crippen LogP contribution in [0, 0.1) is 0 Å². The van der Waals surface area contributed by atoms with E-state index >= 15 is 0 Å². The molecule has 16 heavy (non-hydrogen) atoms. The molecule has 3 N–H and O–H groups in total. The number of allylic oxidation sites excluding steroid dienone is 2. The molecule has 3 rings (SSSR count). The number of nitrogens with two attached hydrogens (primary N) is 1. The molecule has 0 radical (unpaired) electrons. The molecule has 1 aromatic rings. The van der Waals surface area contributed by atoms with Crippen molar-refractivity contribution in [3.8, 4) is 5.75 Å². The molecule has 1 atom stereocenters. The quantitative estimate of drug-likeness (QED) is 0.701. The minimum Gasteiger partial charge on any atom is -0.409 e. The van der Waals surface area contributed by atoms with Gasteiger partial charge in [0, 0.05) is 0 Å². The fraction of sp³-hybridized carbons (Fsp3) is 0.0833. The smallest absolute Gasteiger partial charge is 0.174 e. The molecule has 80 valence electrons. The first-order valence-electron chi connectivity index (χ1n) is 5.08. The molecule has 1 unspecified atom stereocenters. The summed E-state index contributed by atoms with van der Waals surface area (Å²) in [6.07, 6.45) is 8.02. The Bertz CT molecular complexity index is 517. The van der Waals surface area contributed by atoms with Crippen LogP contribution in [0.5, 0.6) is 5.75 Å². The van der Waals surface area contributed by atoms with Gasteiger partial charge in [-0.05, 0) is 18.2 Å². The number of hydrogen-bond donors (Lipinski definition) is 2. The third-order valence-electron chi connectivity index (χ3n) is 2.68. The minimum absolute atomic E-state index is 0.144. The van der Waals surface area contributed by atoms with Crippen LogP contribution in [0.3, 0.4) is 0 Å². The molecule has 0 spiro atoms. The maximum atomic E-state index is 5.21. The Morgan fingerprint density at radius 3 is 3.12 bits per heavy atom. The summed E-state index contributed by atoms with van der Waals surface area (Å²) in [7, 11) is 0. The summed E-state index contributed by atoms with van der Waals surface area (Å²) < 4.78 is 0. The van der Waals surface area contributed by atoms with Crippen molar-refractivity contribution < 1.29 is 4.84 Å². The normalized spacial score (nSPS) is 20.6. The second-order valence-corrected chi connectivity index (χ2v) is 3.67. The van der Waals surface area contributed by atoms with E-state index in [1.165, 1.54) is 0 Å². The SMILES string of the molecule is NOc1cccc2c1N=C1C=CC=CC1N2. The number of rotatable bonds is 1. The van der Waals surface area contributed by atoms with Crippen molar-refractivity contribution in [2.45, 2.75) is 6.04 Å². The monoisotopic (exact) mass is 213 g/mol. The molecule has 0 amide bonds. The van der Waals surface area contributed by atoms with Gasteiger partial charge in [-0.1, -0.05) is 24.3 Å². The fourth-order valence-corrected chi connectivity index (χ4v) is 1.91. The second kappa shape index (κ2) is 3.50. The zero-order valence-electron chi connectivity index (χ0n) is 8.55. The van der Waals surface area contributed by atoms with Crippen molar-refractivity contribution in [1.82, 2.24) is 0 Å². The lowest BCUT2D eigenvalue weighted by molar-refractivity contribution is 0.336. The van der Waals surface area contributed by atoms with Crippen LogP contribution in [0.25, 0.3) is 0 Å². The van der Waals surface area contributed by atoms with E-state index in [4.69, 9.17) is 10.7 Å². The predicted molar refractivity (Wildman–Crippen MR) is 64.0 cm³/mol. The highest BCUT2D eigenvalue weighted by Crippen LogP contribution is 2.38. The van der Waals surface area contributed by atoms with Crippen LogP contribution < -0.4 is 16.1 Å². The molecule has 0 saturated heterocycles. The van der Waals surface area contributed by atoms with Crippen molar-refractivity contribution in [3.05, 3.63) is 42.5 Å². The van der Waals surface area contributed by atoms with Crippen LogP contribution in [-0.2, 0) is 0 Å². The lowest BCUT2D eigenvalue weighted by Crippen LogP contribution is -2.29.